The van der Waals surface area contributed by atoms with Gasteiger partial charge in [-0.3, -0.25) is 4.90 Å². The lowest BCUT2D eigenvalue weighted by Crippen LogP contribution is -2.55. The van der Waals surface area contributed by atoms with E-state index in [4.69, 9.17) is 5.73 Å². The van der Waals surface area contributed by atoms with Crippen molar-refractivity contribution in [3.05, 3.63) is 0 Å². The molecule has 0 aromatic rings. The minimum Gasteiger partial charge on any atom is -0.319 e. The summed E-state index contributed by atoms with van der Waals surface area (Å²) in [6.45, 7) is 0.982. The second-order valence-corrected chi connectivity index (χ2v) is 3.32. The summed E-state index contributed by atoms with van der Waals surface area (Å²) >= 11 is 0. The van der Waals surface area contributed by atoms with E-state index in [0.717, 1.165) is 6.54 Å². The number of alkyl halides is 2. The highest BCUT2D eigenvalue weighted by Crippen LogP contribution is 2.41. The Morgan fingerprint density at radius 1 is 1.30 bits per heavy atom. The number of piperidine rings is 1. The van der Waals surface area contributed by atoms with Crippen LogP contribution in [-0.4, -0.2) is 36.0 Å². The number of nitrogens with zero attached hydrogens (tertiary/aromatic N) is 1. The lowest BCUT2D eigenvalue weighted by atomic mass is 9.93. The van der Waals surface area contributed by atoms with Gasteiger partial charge in [0, 0.05) is 13.1 Å². The molecule has 0 aromatic heterocycles. The number of nitrogens with two attached hydrogens (primary N) is 1. The highest BCUT2D eigenvalue weighted by Gasteiger charge is 2.61. The van der Waals surface area contributed by atoms with Crippen LogP contribution in [0.5, 0.6) is 0 Å². The SMILES string of the molecule is NC12CCN(CC1(F)F)C2. The van der Waals surface area contributed by atoms with Crippen LogP contribution < -0.4 is 5.73 Å². The van der Waals surface area contributed by atoms with E-state index >= 15 is 0 Å². The molecule has 2 aliphatic rings. The van der Waals surface area contributed by atoms with Crippen molar-refractivity contribution in [2.75, 3.05) is 19.6 Å². The second-order valence-electron chi connectivity index (χ2n) is 3.32. The number of halogens is 2. The molecule has 2 saturated heterocycles. The quantitative estimate of drug-likeness (QED) is 0.525. The maximum atomic E-state index is 12.9. The summed E-state index contributed by atoms with van der Waals surface area (Å²) < 4.78 is 25.7. The number of hydrogen-bond donors (Lipinski definition) is 1. The molecule has 2 N–H and O–H groups in total. The van der Waals surface area contributed by atoms with Gasteiger partial charge in [-0.2, -0.15) is 0 Å². The summed E-state index contributed by atoms with van der Waals surface area (Å²) in [6.07, 6.45) is 0.444. The molecule has 2 heterocycles. The monoisotopic (exact) mass is 148 g/mol. The third-order valence-corrected chi connectivity index (χ3v) is 2.53. The van der Waals surface area contributed by atoms with Gasteiger partial charge >= 0.3 is 0 Å². The zero-order chi connectivity index (χ0) is 7.41. The summed E-state index contributed by atoms with van der Waals surface area (Å²) in [5, 5.41) is 0. The van der Waals surface area contributed by atoms with Gasteiger partial charge in [0.25, 0.3) is 5.92 Å². The van der Waals surface area contributed by atoms with Crippen molar-refractivity contribution in [1.82, 2.24) is 4.90 Å². The van der Waals surface area contributed by atoms with E-state index in [1.807, 2.05) is 0 Å². The van der Waals surface area contributed by atoms with Crippen molar-refractivity contribution in [1.29, 1.82) is 0 Å². The molecule has 0 aromatic carbocycles. The molecule has 2 atom stereocenters. The average molecular weight is 148 g/mol. The summed E-state index contributed by atoms with van der Waals surface area (Å²) in [7, 11) is 0. The highest BCUT2D eigenvalue weighted by molar-refractivity contribution is 5.12. The Bertz CT molecular complexity index is 169. The van der Waals surface area contributed by atoms with Crippen LogP contribution in [0.4, 0.5) is 8.78 Å². The summed E-state index contributed by atoms with van der Waals surface area (Å²) in [6, 6.07) is 0. The fraction of sp³-hybridized carbons (Fsp3) is 1.00. The van der Waals surface area contributed by atoms with Crippen molar-refractivity contribution in [2.24, 2.45) is 5.73 Å². The van der Waals surface area contributed by atoms with Crippen LogP contribution in [0.15, 0.2) is 0 Å². The first-order valence-corrected chi connectivity index (χ1v) is 3.43. The Labute approximate surface area is 58.0 Å². The molecule has 0 saturated carbocycles. The minimum absolute atomic E-state index is 0.135. The third-order valence-electron chi connectivity index (χ3n) is 2.53. The number of fused-ring (bicyclic) bond motifs is 2. The standard InChI is InChI=1S/C6H10F2N2/c7-6(8)4-10-2-1-5(6,9)3-10/h1-4,9H2. The van der Waals surface area contributed by atoms with Crippen LogP contribution >= 0.6 is 0 Å². The van der Waals surface area contributed by atoms with Crippen molar-refractivity contribution in [3.8, 4) is 0 Å². The lowest BCUT2D eigenvalue weighted by molar-refractivity contribution is -0.0562. The molecule has 4 heteroatoms. The molecule has 0 spiro atoms. The fourth-order valence-electron chi connectivity index (χ4n) is 1.79. The van der Waals surface area contributed by atoms with Gasteiger partial charge in [-0.1, -0.05) is 0 Å². The van der Waals surface area contributed by atoms with Crippen LogP contribution in [0.2, 0.25) is 0 Å². The largest absolute Gasteiger partial charge is 0.319 e. The predicted molar refractivity (Wildman–Crippen MR) is 32.9 cm³/mol. The molecule has 2 fully saturated rings. The van der Waals surface area contributed by atoms with E-state index in [-0.39, 0.29) is 6.54 Å². The molecule has 2 unspecified atom stereocenters. The maximum Gasteiger partial charge on any atom is 0.279 e. The zero-order valence-electron chi connectivity index (χ0n) is 5.61. The molecule has 0 radical (unpaired) electrons. The van der Waals surface area contributed by atoms with Crippen molar-refractivity contribution < 1.29 is 8.78 Å². The first-order chi connectivity index (χ1) is 4.54. The maximum absolute atomic E-state index is 12.9. The summed E-state index contributed by atoms with van der Waals surface area (Å²) in [4.78, 5) is 1.72. The Morgan fingerprint density at radius 2 is 2.00 bits per heavy atom. The van der Waals surface area contributed by atoms with Gasteiger partial charge in [-0.05, 0) is 6.42 Å². The van der Waals surface area contributed by atoms with E-state index in [0.29, 0.717) is 13.0 Å². The van der Waals surface area contributed by atoms with E-state index in [1.165, 1.54) is 0 Å². The Morgan fingerprint density at radius 3 is 2.20 bits per heavy atom. The minimum atomic E-state index is -2.65. The Balaban J connectivity index is 2.31. The average Bonchev–Trinajstić information content (AvgIpc) is 2.18. The first kappa shape index (κ1) is 6.49. The molecule has 58 valence electrons. The van der Waals surface area contributed by atoms with E-state index in [9.17, 15) is 8.78 Å². The number of hydrogen-bond acceptors (Lipinski definition) is 2. The smallest absolute Gasteiger partial charge is 0.279 e. The van der Waals surface area contributed by atoms with Crippen LogP contribution in [-0.2, 0) is 0 Å². The van der Waals surface area contributed by atoms with Gasteiger partial charge in [0.2, 0.25) is 0 Å². The molecule has 0 amide bonds. The summed E-state index contributed by atoms with van der Waals surface area (Å²) in [5.41, 5.74) is 4.28. The zero-order valence-corrected chi connectivity index (χ0v) is 5.61. The van der Waals surface area contributed by atoms with E-state index < -0.39 is 11.5 Å². The van der Waals surface area contributed by atoms with Crippen LogP contribution in [0, 0.1) is 0 Å². The third kappa shape index (κ3) is 0.582. The van der Waals surface area contributed by atoms with Crippen LogP contribution in [0.3, 0.4) is 0 Å². The van der Waals surface area contributed by atoms with Crippen LogP contribution in [0.1, 0.15) is 6.42 Å². The summed E-state index contributed by atoms with van der Waals surface area (Å²) in [5.74, 6) is -2.65. The van der Waals surface area contributed by atoms with Gasteiger partial charge in [0.15, 0.2) is 0 Å². The predicted octanol–water partition coefficient (Wildman–Crippen LogP) is 0.0385. The van der Waals surface area contributed by atoms with Gasteiger partial charge in [-0.15, -0.1) is 0 Å². The van der Waals surface area contributed by atoms with Crippen molar-refractivity contribution in [3.63, 3.8) is 0 Å². The van der Waals surface area contributed by atoms with Crippen LogP contribution in [0.25, 0.3) is 0 Å². The van der Waals surface area contributed by atoms with Gasteiger partial charge in [0.1, 0.15) is 0 Å². The highest BCUT2D eigenvalue weighted by atomic mass is 19.3. The topological polar surface area (TPSA) is 29.3 Å². The molecule has 2 aliphatic heterocycles. The Kier molecular flexibility index (Phi) is 0.978. The normalized spacial score (nSPS) is 50.1. The van der Waals surface area contributed by atoms with Gasteiger partial charge in [-0.25, -0.2) is 8.78 Å². The molecule has 0 aliphatic carbocycles. The first-order valence-electron chi connectivity index (χ1n) is 3.43. The molecular weight excluding hydrogens is 138 g/mol. The second kappa shape index (κ2) is 1.51. The molecule has 2 nitrogen and oxygen atoms in total. The molecule has 2 rings (SSSR count). The Hall–Kier alpha value is -0.220. The molecule has 10 heavy (non-hydrogen) atoms. The van der Waals surface area contributed by atoms with Crippen molar-refractivity contribution >= 4 is 0 Å². The number of rotatable bonds is 0. The van der Waals surface area contributed by atoms with E-state index in [2.05, 4.69) is 0 Å². The van der Waals surface area contributed by atoms with Gasteiger partial charge in [0.05, 0.1) is 12.1 Å². The van der Waals surface area contributed by atoms with Gasteiger partial charge < -0.3 is 5.73 Å². The fourth-order valence-corrected chi connectivity index (χ4v) is 1.79. The van der Waals surface area contributed by atoms with E-state index in [1.54, 1.807) is 4.90 Å². The molecule has 2 bridgehead atoms. The lowest BCUT2D eigenvalue weighted by Gasteiger charge is -2.29. The van der Waals surface area contributed by atoms with Crippen molar-refractivity contribution in [2.45, 2.75) is 17.9 Å². The molecular formula is C6H10F2N2.